The number of esters is 1. The van der Waals surface area contributed by atoms with Crippen molar-refractivity contribution in [2.45, 2.75) is 13.8 Å². The van der Waals surface area contributed by atoms with Gasteiger partial charge in [-0.3, -0.25) is 19.7 Å². The van der Waals surface area contributed by atoms with Gasteiger partial charge in [-0.2, -0.15) is 0 Å². The summed E-state index contributed by atoms with van der Waals surface area (Å²) in [5, 5.41) is 15.9. The first-order valence-electron chi connectivity index (χ1n) is 8.53. The normalized spacial score (nSPS) is 10.8. The second-order valence-corrected chi connectivity index (χ2v) is 6.00. The monoisotopic (exact) mass is 397 g/mol. The van der Waals surface area contributed by atoms with Gasteiger partial charge in [-0.15, -0.1) is 0 Å². The largest absolute Gasteiger partial charge is 0.451 e. The standard InChI is InChI=1S/C20H19N3O6/c1-13-7-6-10-17(23(27)28)19(13)22-18(25)12-29-20(26)16(21-14(2)24)11-15-8-4-3-5-9-15/h3-11H,12H2,1-2H3,(H,21,24)(H,22,25)/b16-11-. The highest BCUT2D eigenvalue weighted by Gasteiger charge is 2.19. The molecule has 9 heteroatoms. The Bertz CT molecular complexity index is 969. The maximum atomic E-state index is 12.3. The number of nitrogens with one attached hydrogen (secondary N) is 2. The fourth-order valence-electron chi connectivity index (χ4n) is 2.40. The molecular formula is C20H19N3O6. The van der Waals surface area contributed by atoms with Gasteiger partial charge in [0.15, 0.2) is 6.61 Å². The summed E-state index contributed by atoms with van der Waals surface area (Å²) in [6.45, 7) is 2.15. The van der Waals surface area contributed by atoms with Gasteiger partial charge in [0.1, 0.15) is 11.4 Å². The molecule has 0 radical (unpaired) electrons. The lowest BCUT2D eigenvalue weighted by Crippen LogP contribution is -2.29. The number of carbonyl (C=O) groups excluding carboxylic acids is 3. The summed E-state index contributed by atoms with van der Waals surface area (Å²) in [7, 11) is 0. The van der Waals surface area contributed by atoms with Crippen molar-refractivity contribution >= 4 is 35.2 Å². The third-order valence-corrected chi connectivity index (χ3v) is 3.69. The quantitative estimate of drug-likeness (QED) is 0.320. The zero-order valence-corrected chi connectivity index (χ0v) is 15.8. The van der Waals surface area contributed by atoms with Gasteiger partial charge >= 0.3 is 5.97 Å². The number of ether oxygens (including phenoxy) is 1. The van der Waals surface area contributed by atoms with Crippen LogP contribution in [0, 0.1) is 17.0 Å². The molecule has 9 nitrogen and oxygen atoms in total. The molecule has 0 saturated heterocycles. The molecule has 0 fully saturated rings. The Kier molecular flexibility index (Phi) is 7.19. The molecule has 0 heterocycles. The molecule has 2 aromatic carbocycles. The van der Waals surface area contributed by atoms with Crippen LogP contribution in [0.15, 0.2) is 54.2 Å². The van der Waals surface area contributed by atoms with Crippen LogP contribution in [-0.4, -0.2) is 29.3 Å². The molecule has 2 amide bonds. The molecule has 2 rings (SSSR count). The second-order valence-electron chi connectivity index (χ2n) is 6.00. The SMILES string of the molecule is CC(=O)N/C(=C\c1ccccc1)C(=O)OCC(=O)Nc1c(C)cccc1[N+](=O)[O-]. The first-order valence-corrected chi connectivity index (χ1v) is 8.53. The van der Waals surface area contributed by atoms with Crippen molar-refractivity contribution in [2.75, 3.05) is 11.9 Å². The predicted octanol–water partition coefficient (Wildman–Crippen LogP) is 2.56. The number of nitrogens with zero attached hydrogens (tertiary/aromatic N) is 1. The van der Waals surface area contributed by atoms with Crippen LogP contribution in [0.25, 0.3) is 6.08 Å². The number of carbonyl (C=O) groups is 3. The molecule has 2 N–H and O–H groups in total. The number of aryl methyl sites for hydroxylation is 1. The Morgan fingerprint density at radius 3 is 2.41 bits per heavy atom. The third kappa shape index (κ3) is 6.28. The molecular weight excluding hydrogens is 378 g/mol. The average Bonchev–Trinajstić information content (AvgIpc) is 2.67. The van der Waals surface area contributed by atoms with Crippen LogP contribution in [0.5, 0.6) is 0 Å². The molecule has 29 heavy (non-hydrogen) atoms. The smallest absolute Gasteiger partial charge is 0.355 e. The second kappa shape index (κ2) is 9.79. The molecule has 0 aromatic heterocycles. The molecule has 0 saturated carbocycles. The number of anilines is 1. The van der Waals surface area contributed by atoms with E-state index in [2.05, 4.69) is 10.6 Å². The van der Waals surface area contributed by atoms with Gasteiger partial charge in [-0.1, -0.05) is 42.5 Å². The maximum Gasteiger partial charge on any atom is 0.355 e. The van der Waals surface area contributed by atoms with Crippen LogP contribution in [0.3, 0.4) is 0 Å². The number of hydrogen-bond donors (Lipinski definition) is 2. The highest BCUT2D eigenvalue weighted by Crippen LogP contribution is 2.27. The van der Waals surface area contributed by atoms with Crippen LogP contribution in [0.1, 0.15) is 18.1 Å². The van der Waals surface area contributed by atoms with E-state index in [-0.39, 0.29) is 17.1 Å². The molecule has 2 aromatic rings. The Morgan fingerprint density at radius 2 is 1.79 bits per heavy atom. The minimum absolute atomic E-state index is 0.0282. The number of para-hydroxylation sites is 1. The van der Waals surface area contributed by atoms with Crippen molar-refractivity contribution in [3.8, 4) is 0 Å². The van der Waals surface area contributed by atoms with Crippen LogP contribution in [0.4, 0.5) is 11.4 Å². The highest BCUT2D eigenvalue weighted by molar-refractivity contribution is 6.00. The number of nitro benzene ring substituents is 1. The number of nitro groups is 1. The Labute approximate surface area is 166 Å². The van der Waals surface area contributed by atoms with Crippen LogP contribution < -0.4 is 10.6 Å². The minimum Gasteiger partial charge on any atom is -0.451 e. The topological polar surface area (TPSA) is 128 Å². The lowest BCUT2D eigenvalue weighted by Gasteiger charge is -2.11. The molecule has 0 bridgehead atoms. The van der Waals surface area contributed by atoms with E-state index in [1.54, 1.807) is 43.3 Å². The molecule has 0 atom stereocenters. The summed E-state index contributed by atoms with van der Waals surface area (Å²) in [6.07, 6.45) is 1.41. The molecule has 0 unspecified atom stereocenters. The van der Waals surface area contributed by atoms with E-state index < -0.39 is 29.3 Å². The molecule has 0 aliphatic carbocycles. The van der Waals surface area contributed by atoms with E-state index in [1.807, 2.05) is 0 Å². The van der Waals surface area contributed by atoms with Crippen molar-refractivity contribution in [2.24, 2.45) is 0 Å². The van der Waals surface area contributed by atoms with Crippen molar-refractivity contribution in [3.63, 3.8) is 0 Å². The zero-order chi connectivity index (χ0) is 21.4. The number of benzene rings is 2. The fourth-order valence-corrected chi connectivity index (χ4v) is 2.40. The van der Waals surface area contributed by atoms with Gasteiger partial charge in [0.2, 0.25) is 5.91 Å². The van der Waals surface area contributed by atoms with Crippen molar-refractivity contribution in [1.82, 2.24) is 5.32 Å². The average molecular weight is 397 g/mol. The Morgan fingerprint density at radius 1 is 1.10 bits per heavy atom. The summed E-state index contributed by atoms with van der Waals surface area (Å²) in [5.74, 6) is -2.15. The summed E-state index contributed by atoms with van der Waals surface area (Å²) < 4.78 is 4.95. The molecule has 0 aliphatic rings. The first-order chi connectivity index (χ1) is 13.8. The number of amides is 2. The zero-order valence-electron chi connectivity index (χ0n) is 15.8. The number of hydrogen-bond acceptors (Lipinski definition) is 6. The van der Waals surface area contributed by atoms with Gasteiger partial charge in [-0.05, 0) is 24.1 Å². The lowest BCUT2D eigenvalue weighted by molar-refractivity contribution is -0.384. The van der Waals surface area contributed by atoms with Gasteiger partial charge in [0.05, 0.1) is 4.92 Å². The molecule has 150 valence electrons. The van der Waals surface area contributed by atoms with E-state index >= 15 is 0 Å². The van der Waals surface area contributed by atoms with Gasteiger partial charge < -0.3 is 15.4 Å². The van der Waals surface area contributed by atoms with Crippen molar-refractivity contribution in [3.05, 3.63) is 75.5 Å². The van der Waals surface area contributed by atoms with Gasteiger partial charge in [0, 0.05) is 13.0 Å². The molecule has 0 spiro atoms. The van der Waals surface area contributed by atoms with Crippen LogP contribution in [-0.2, 0) is 19.1 Å². The summed E-state index contributed by atoms with van der Waals surface area (Å²) in [6, 6.07) is 13.1. The van der Waals surface area contributed by atoms with Gasteiger partial charge in [0.25, 0.3) is 11.6 Å². The summed E-state index contributed by atoms with van der Waals surface area (Å²) >= 11 is 0. The lowest BCUT2D eigenvalue weighted by atomic mass is 10.1. The Balaban J connectivity index is 2.08. The predicted molar refractivity (Wildman–Crippen MR) is 106 cm³/mol. The van der Waals surface area contributed by atoms with Crippen molar-refractivity contribution < 1.29 is 24.0 Å². The first kappa shape index (κ1) is 21.3. The Hall–Kier alpha value is -4.01. The maximum absolute atomic E-state index is 12.3. The summed E-state index contributed by atoms with van der Waals surface area (Å²) in [5.41, 5.74) is 0.751. The molecule has 0 aliphatic heterocycles. The van der Waals surface area contributed by atoms with Crippen molar-refractivity contribution in [1.29, 1.82) is 0 Å². The number of rotatable bonds is 7. The fraction of sp³-hybridized carbons (Fsp3) is 0.150. The minimum atomic E-state index is -0.918. The van der Waals surface area contributed by atoms with E-state index in [4.69, 9.17) is 4.74 Å². The highest BCUT2D eigenvalue weighted by atomic mass is 16.6. The van der Waals surface area contributed by atoms with E-state index in [0.717, 1.165) is 0 Å². The van der Waals surface area contributed by atoms with Crippen LogP contribution in [0.2, 0.25) is 0 Å². The van der Waals surface area contributed by atoms with E-state index in [1.165, 1.54) is 25.1 Å². The van der Waals surface area contributed by atoms with Crippen LogP contribution >= 0.6 is 0 Å². The summed E-state index contributed by atoms with van der Waals surface area (Å²) in [4.78, 5) is 46.3. The van der Waals surface area contributed by atoms with E-state index in [0.29, 0.717) is 11.1 Å². The third-order valence-electron chi connectivity index (χ3n) is 3.69. The van der Waals surface area contributed by atoms with E-state index in [9.17, 15) is 24.5 Å². The van der Waals surface area contributed by atoms with Gasteiger partial charge in [-0.25, -0.2) is 4.79 Å².